The third kappa shape index (κ3) is 4.39. The first-order valence-electron chi connectivity index (χ1n) is 7.93. The zero-order chi connectivity index (χ0) is 18.2. The van der Waals surface area contributed by atoms with Gasteiger partial charge in [-0.25, -0.2) is 4.79 Å². The largest absolute Gasteiger partial charge is 0.479 e. The maximum absolute atomic E-state index is 12.4. The summed E-state index contributed by atoms with van der Waals surface area (Å²) < 4.78 is 0. The first kappa shape index (κ1) is 19.8. The fraction of sp³-hybridized carbons (Fsp3) is 0.471. The lowest BCUT2D eigenvalue weighted by Crippen LogP contribution is -2.63. The number of carbonyl (C=O) groups is 2. The zero-order valence-corrected chi connectivity index (χ0v) is 14.0. The summed E-state index contributed by atoms with van der Waals surface area (Å²) in [5, 5.41) is 17.9. The quantitative estimate of drug-likeness (QED) is 0.465. The number of amides is 1. The van der Waals surface area contributed by atoms with Crippen LogP contribution in [0.25, 0.3) is 0 Å². The van der Waals surface area contributed by atoms with Crippen molar-refractivity contribution in [2.75, 3.05) is 19.6 Å². The van der Waals surface area contributed by atoms with Gasteiger partial charge in [0.25, 0.3) is 0 Å². The van der Waals surface area contributed by atoms with Crippen molar-refractivity contribution >= 4 is 17.6 Å². The van der Waals surface area contributed by atoms with Gasteiger partial charge in [-0.15, -0.1) is 0 Å². The molecule has 0 radical (unpaired) electrons. The summed E-state index contributed by atoms with van der Waals surface area (Å²) in [6, 6.07) is 9.46. The van der Waals surface area contributed by atoms with E-state index in [0.29, 0.717) is 12.8 Å². The van der Waals surface area contributed by atoms with Crippen LogP contribution in [-0.4, -0.2) is 52.8 Å². The van der Waals surface area contributed by atoms with Gasteiger partial charge in [-0.1, -0.05) is 30.3 Å². The van der Waals surface area contributed by atoms with Gasteiger partial charge in [-0.2, -0.15) is 0 Å². The average Bonchev–Trinajstić information content (AvgIpc) is 2.57. The Morgan fingerprint density at radius 2 is 1.88 bits per heavy atom. The molecule has 0 aromatic heterocycles. The Labute approximate surface area is 142 Å². The molecule has 0 saturated heterocycles. The number of hydrogen-bond acceptors (Lipinski definition) is 5. The van der Waals surface area contributed by atoms with Crippen molar-refractivity contribution in [1.29, 1.82) is 5.41 Å². The predicted molar refractivity (Wildman–Crippen MR) is 93.0 cm³/mol. The van der Waals surface area contributed by atoms with Gasteiger partial charge in [0.2, 0.25) is 5.91 Å². The molecule has 0 bridgehead atoms. The molecule has 0 saturated carbocycles. The molecule has 1 atom stereocenters. The number of hydrogen-bond donors (Lipinski definition) is 4. The van der Waals surface area contributed by atoms with Crippen LogP contribution in [0.3, 0.4) is 0 Å². The lowest BCUT2D eigenvalue weighted by Gasteiger charge is -2.40. The average molecular weight is 334 g/mol. The van der Waals surface area contributed by atoms with Crippen molar-refractivity contribution in [3.05, 3.63) is 35.9 Å². The van der Waals surface area contributed by atoms with Crippen LogP contribution in [0.4, 0.5) is 0 Å². The van der Waals surface area contributed by atoms with Crippen LogP contribution in [0.1, 0.15) is 25.3 Å². The predicted octanol–water partition coefficient (Wildman–Crippen LogP) is 0.618. The van der Waals surface area contributed by atoms with Crippen LogP contribution in [-0.2, 0) is 16.0 Å². The molecule has 0 aliphatic heterocycles. The topological polar surface area (TPSA) is 134 Å². The van der Waals surface area contributed by atoms with Crippen LogP contribution in [0.5, 0.6) is 0 Å². The molecule has 0 heterocycles. The smallest absolute Gasteiger partial charge is 0.335 e. The second-order valence-corrected chi connectivity index (χ2v) is 5.67. The molecule has 24 heavy (non-hydrogen) atoms. The number of nitrogens with two attached hydrogens (primary N) is 2. The molecule has 1 amide bonds. The number of carbonyl (C=O) groups excluding carboxylic acids is 1. The van der Waals surface area contributed by atoms with Crippen LogP contribution < -0.4 is 11.5 Å². The minimum absolute atomic E-state index is 0.0920. The highest BCUT2D eigenvalue weighted by atomic mass is 16.4. The van der Waals surface area contributed by atoms with Crippen molar-refractivity contribution in [3.63, 3.8) is 0 Å². The highest BCUT2D eigenvalue weighted by molar-refractivity contribution is 6.10. The lowest BCUT2D eigenvalue weighted by molar-refractivity contribution is -0.154. The summed E-state index contributed by atoms with van der Waals surface area (Å²) in [6.45, 7) is 1.56. The Kier molecular flexibility index (Phi) is 7.54. The molecule has 1 aromatic rings. The van der Waals surface area contributed by atoms with E-state index in [1.807, 2.05) is 30.3 Å². The summed E-state index contributed by atoms with van der Waals surface area (Å²) in [5.74, 6) is -1.71. The number of benzene rings is 1. The maximum Gasteiger partial charge on any atom is 0.335 e. The Balaban J connectivity index is 3.18. The second-order valence-electron chi connectivity index (χ2n) is 5.67. The van der Waals surface area contributed by atoms with E-state index in [1.165, 1.54) is 11.8 Å². The van der Waals surface area contributed by atoms with E-state index in [2.05, 4.69) is 0 Å². The first-order valence-corrected chi connectivity index (χ1v) is 7.93. The fourth-order valence-corrected chi connectivity index (χ4v) is 2.79. The molecule has 7 nitrogen and oxygen atoms in total. The van der Waals surface area contributed by atoms with Crippen molar-refractivity contribution in [3.8, 4) is 0 Å². The number of carboxylic acids is 1. The molecule has 1 rings (SSSR count). The Morgan fingerprint density at radius 3 is 2.33 bits per heavy atom. The third-order valence-corrected chi connectivity index (χ3v) is 4.12. The molecule has 0 spiro atoms. The lowest BCUT2D eigenvalue weighted by atomic mass is 9.85. The first-order chi connectivity index (χ1) is 11.4. The zero-order valence-electron chi connectivity index (χ0n) is 14.0. The molecule has 0 unspecified atom stereocenters. The Bertz CT molecular complexity index is 560. The van der Waals surface area contributed by atoms with Crippen molar-refractivity contribution in [2.24, 2.45) is 11.5 Å². The Morgan fingerprint density at radius 1 is 1.25 bits per heavy atom. The molecule has 0 aliphatic rings. The standard InChI is InChI=1S/C17H26N4O3/c1-13(20)17(16(23)24,9-5-10-18)21(15(22)12-19)11-8-14-6-3-2-4-7-14/h2-4,6-7,20H,5,8-12,18-19H2,1H3,(H,23,24)/t17-/m1/s1. The van der Waals surface area contributed by atoms with E-state index < -0.39 is 17.4 Å². The van der Waals surface area contributed by atoms with Gasteiger partial charge in [-0.3, -0.25) is 4.79 Å². The van der Waals surface area contributed by atoms with Crippen LogP contribution in [0.2, 0.25) is 0 Å². The fourth-order valence-electron chi connectivity index (χ4n) is 2.79. The van der Waals surface area contributed by atoms with Gasteiger partial charge in [0.15, 0.2) is 5.54 Å². The molecule has 6 N–H and O–H groups in total. The molecule has 0 fully saturated rings. The monoisotopic (exact) mass is 334 g/mol. The summed E-state index contributed by atoms with van der Waals surface area (Å²) in [4.78, 5) is 25.6. The van der Waals surface area contributed by atoms with Gasteiger partial charge in [-0.05, 0) is 38.3 Å². The summed E-state index contributed by atoms with van der Waals surface area (Å²) in [6.07, 6.45) is 0.967. The third-order valence-electron chi connectivity index (χ3n) is 4.12. The number of aliphatic carboxylic acids is 1. The highest BCUT2D eigenvalue weighted by Gasteiger charge is 2.47. The number of carboxylic acid groups (broad SMARTS) is 1. The van der Waals surface area contributed by atoms with E-state index in [0.717, 1.165) is 5.56 Å². The molecular weight excluding hydrogens is 308 g/mol. The van der Waals surface area contributed by atoms with Crippen LogP contribution in [0, 0.1) is 5.41 Å². The molecule has 0 aliphatic carbocycles. The number of rotatable bonds is 10. The summed E-state index contributed by atoms with van der Waals surface area (Å²) >= 11 is 0. The van der Waals surface area contributed by atoms with Crippen molar-refractivity contribution in [2.45, 2.75) is 31.7 Å². The molecular formula is C17H26N4O3. The van der Waals surface area contributed by atoms with Crippen molar-refractivity contribution in [1.82, 2.24) is 4.90 Å². The van der Waals surface area contributed by atoms with E-state index >= 15 is 0 Å². The van der Waals surface area contributed by atoms with E-state index in [4.69, 9.17) is 16.9 Å². The highest BCUT2D eigenvalue weighted by Crippen LogP contribution is 2.25. The molecule has 7 heteroatoms. The van der Waals surface area contributed by atoms with E-state index in [1.54, 1.807) is 0 Å². The van der Waals surface area contributed by atoms with Crippen LogP contribution >= 0.6 is 0 Å². The minimum Gasteiger partial charge on any atom is -0.479 e. The molecule has 132 valence electrons. The maximum atomic E-state index is 12.4. The van der Waals surface area contributed by atoms with Gasteiger partial charge in [0.05, 0.1) is 6.54 Å². The number of nitrogens with zero attached hydrogens (tertiary/aromatic N) is 1. The van der Waals surface area contributed by atoms with E-state index in [9.17, 15) is 14.7 Å². The van der Waals surface area contributed by atoms with E-state index in [-0.39, 0.29) is 31.8 Å². The normalized spacial score (nSPS) is 13.1. The van der Waals surface area contributed by atoms with Gasteiger partial charge in [0, 0.05) is 12.3 Å². The SMILES string of the molecule is CC(=N)[C@](CCCN)(C(=O)O)N(CCc1ccccc1)C(=O)CN. The second kappa shape index (κ2) is 9.14. The van der Waals surface area contributed by atoms with Crippen molar-refractivity contribution < 1.29 is 14.7 Å². The van der Waals surface area contributed by atoms with Gasteiger partial charge >= 0.3 is 5.97 Å². The summed E-state index contributed by atoms with van der Waals surface area (Å²) in [5.41, 5.74) is 10.2. The number of nitrogens with one attached hydrogen (secondary N) is 1. The Hall–Kier alpha value is -2.25. The summed E-state index contributed by atoms with van der Waals surface area (Å²) in [7, 11) is 0. The van der Waals surface area contributed by atoms with Crippen LogP contribution in [0.15, 0.2) is 30.3 Å². The van der Waals surface area contributed by atoms with Gasteiger partial charge in [0.1, 0.15) is 0 Å². The molecule has 1 aromatic carbocycles. The van der Waals surface area contributed by atoms with Gasteiger partial charge < -0.3 is 26.9 Å². The minimum atomic E-state index is -1.70.